The van der Waals surface area contributed by atoms with Gasteiger partial charge in [-0.2, -0.15) is 5.10 Å². The summed E-state index contributed by atoms with van der Waals surface area (Å²) in [5.74, 6) is 2.07. The highest BCUT2D eigenvalue weighted by Crippen LogP contribution is 2.32. The van der Waals surface area contributed by atoms with Crippen LogP contribution in [0.1, 0.15) is 30.9 Å². The average Bonchev–Trinajstić information content (AvgIpc) is 3.48. The van der Waals surface area contributed by atoms with Gasteiger partial charge in [-0.15, -0.1) is 0 Å². The molecule has 0 aliphatic carbocycles. The number of aryl methyl sites for hydroxylation is 1. The van der Waals surface area contributed by atoms with Gasteiger partial charge in [-0.3, -0.25) is 4.90 Å². The third kappa shape index (κ3) is 6.98. The van der Waals surface area contributed by atoms with Gasteiger partial charge in [0, 0.05) is 18.1 Å². The molecule has 0 spiro atoms. The molecule has 0 bridgehead atoms. The molecule has 0 aliphatic heterocycles. The zero-order chi connectivity index (χ0) is 25.5. The zero-order valence-corrected chi connectivity index (χ0v) is 21.6. The van der Waals surface area contributed by atoms with Crippen LogP contribution >= 0.6 is 11.6 Å². The topological polar surface area (TPSA) is 72.9 Å². The predicted molar refractivity (Wildman–Crippen MR) is 140 cm³/mol. The molecule has 0 fully saturated rings. The van der Waals surface area contributed by atoms with Crippen LogP contribution in [-0.4, -0.2) is 45.1 Å². The van der Waals surface area contributed by atoms with Crippen LogP contribution < -0.4 is 4.74 Å². The molecule has 1 N–H and O–H groups in total. The highest BCUT2D eigenvalue weighted by Gasteiger charge is 2.23. The number of nitrogens with zero attached hydrogens (tertiary/aromatic N) is 3. The number of aromatic nitrogens is 2. The summed E-state index contributed by atoms with van der Waals surface area (Å²) in [6.45, 7) is 7.52. The van der Waals surface area contributed by atoms with Crippen molar-refractivity contribution >= 4 is 11.6 Å². The van der Waals surface area contributed by atoms with Crippen LogP contribution in [0.2, 0.25) is 5.02 Å². The maximum Gasteiger partial charge on any atom is 0.227 e. The Balaban J connectivity index is 1.67. The van der Waals surface area contributed by atoms with Gasteiger partial charge in [-0.1, -0.05) is 29.8 Å². The Morgan fingerprint density at radius 1 is 1.03 bits per heavy atom. The van der Waals surface area contributed by atoms with E-state index in [1.807, 2.05) is 80.1 Å². The predicted octanol–water partition coefficient (Wildman–Crippen LogP) is 6.01. The molecule has 8 heteroatoms. The minimum Gasteiger partial charge on any atom is -0.468 e. The van der Waals surface area contributed by atoms with Crippen molar-refractivity contribution in [3.63, 3.8) is 0 Å². The molecular formula is C28H32ClN3O4. The van der Waals surface area contributed by atoms with Crippen molar-refractivity contribution in [2.24, 2.45) is 0 Å². The first-order chi connectivity index (χ1) is 17.4. The van der Waals surface area contributed by atoms with E-state index in [1.165, 1.54) is 0 Å². The third-order valence-electron chi connectivity index (χ3n) is 5.60. The number of hydrogen-bond acceptors (Lipinski definition) is 6. The molecule has 190 valence electrons. The summed E-state index contributed by atoms with van der Waals surface area (Å²) >= 11 is 6.08. The summed E-state index contributed by atoms with van der Waals surface area (Å²) in [6.07, 6.45) is 1.04. The van der Waals surface area contributed by atoms with Gasteiger partial charge in [-0.25, -0.2) is 4.68 Å². The molecule has 2 aromatic heterocycles. The van der Waals surface area contributed by atoms with Gasteiger partial charge in [0.15, 0.2) is 0 Å². The van der Waals surface area contributed by atoms with E-state index in [-0.39, 0.29) is 12.7 Å². The molecule has 4 rings (SSSR count). The van der Waals surface area contributed by atoms with E-state index in [0.717, 1.165) is 22.7 Å². The second kappa shape index (κ2) is 12.2. The van der Waals surface area contributed by atoms with E-state index in [2.05, 4.69) is 4.90 Å². The number of benzene rings is 2. The fourth-order valence-electron chi connectivity index (χ4n) is 3.87. The lowest BCUT2D eigenvalue weighted by molar-refractivity contribution is -0.0114. The third-order valence-corrected chi connectivity index (χ3v) is 5.85. The first-order valence-electron chi connectivity index (χ1n) is 12.0. The molecule has 36 heavy (non-hydrogen) atoms. The SMILES string of the molecule is Cc1nn(-c2ccccc2)c(Oc2ccc(Cl)cc2)c1CN(Cc1ccco1)CC(O)COC(C)C. The highest BCUT2D eigenvalue weighted by molar-refractivity contribution is 6.30. The molecule has 4 aromatic rings. The average molecular weight is 510 g/mol. The minimum absolute atomic E-state index is 0.0453. The second-order valence-electron chi connectivity index (χ2n) is 8.96. The molecule has 0 radical (unpaired) electrons. The van der Waals surface area contributed by atoms with E-state index in [1.54, 1.807) is 18.4 Å². The van der Waals surface area contributed by atoms with Crippen molar-refractivity contribution in [1.82, 2.24) is 14.7 Å². The molecular weight excluding hydrogens is 478 g/mol. The number of ether oxygens (including phenoxy) is 2. The number of aliphatic hydroxyl groups excluding tert-OH is 1. The summed E-state index contributed by atoms with van der Waals surface area (Å²) in [5, 5.41) is 16.1. The molecule has 7 nitrogen and oxygen atoms in total. The number of aliphatic hydroxyl groups is 1. The zero-order valence-electron chi connectivity index (χ0n) is 20.8. The van der Waals surface area contributed by atoms with Crippen molar-refractivity contribution < 1.29 is 19.0 Å². The molecule has 2 heterocycles. The molecule has 0 saturated heterocycles. The minimum atomic E-state index is -0.660. The van der Waals surface area contributed by atoms with Crippen molar-refractivity contribution in [3.8, 4) is 17.3 Å². The molecule has 1 unspecified atom stereocenters. The van der Waals surface area contributed by atoms with Crippen molar-refractivity contribution in [3.05, 3.63) is 95.0 Å². The van der Waals surface area contributed by atoms with Crippen molar-refractivity contribution in [1.29, 1.82) is 0 Å². The Bertz CT molecular complexity index is 1210. The summed E-state index contributed by atoms with van der Waals surface area (Å²) in [5.41, 5.74) is 2.64. The lowest BCUT2D eigenvalue weighted by Gasteiger charge is -2.25. The second-order valence-corrected chi connectivity index (χ2v) is 9.39. The van der Waals surface area contributed by atoms with Gasteiger partial charge >= 0.3 is 0 Å². The van der Waals surface area contributed by atoms with Gasteiger partial charge in [0.25, 0.3) is 0 Å². The Morgan fingerprint density at radius 2 is 1.78 bits per heavy atom. The monoisotopic (exact) mass is 509 g/mol. The first-order valence-corrected chi connectivity index (χ1v) is 12.4. The first kappa shape index (κ1) is 26.0. The lowest BCUT2D eigenvalue weighted by Crippen LogP contribution is -2.35. The van der Waals surface area contributed by atoms with E-state index in [4.69, 9.17) is 30.6 Å². The Hall–Kier alpha value is -3.10. The number of rotatable bonds is 12. The normalized spacial score (nSPS) is 12.4. The largest absolute Gasteiger partial charge is 0.468 e. The van der Waals surface area contributed by atoms with Gasteiger partial charge in [0.05, 0.1) is 48.6 Å². The number of para-hydroxylation sites is 1. The van der Waals surface area contributed by atoms with Crippen LogP contribution in [0.5, 0.6) is 11.6 Å². The van der Waals surface area contributed by atoms with Gasteiger partial charge < -0.3 is 19.0 Å². The number of furan rings is 1. The van der Waals surface area contributed by atoms with Crippen LogP contribution in [0.15, 0.2) is 77.4 Å². The number of halogens is 1. The van der Waals surface area contributed by atoms with Crippen LogP contribution in [0.4, 0.5) is 0 Å². The van der Waals surface area contributed by atoms with E-state index >= 15 is 0 Å². The van der Waals surface area contributed by atoms with Crippen LogP contribution in [0.3, 0.4) is 0 Å². The van der Waals surface area contributed by atoms with Crippen LogP contribution in [0, 0.1) is 6.92 Å². The maximum absolute atomic E-state index is 10.7. The van der Waals surface area contributed by atoms with Gasteiger partial charge in [-0.05, 0) is 69.3 Å². The summed E-state index contributed by atoms with van der Waals surface area (Å²) in [4.78, 5) is 2.11. The Morgan fingerprint density at radius 3 is 2.44 bits per heavy atom. The molecule has 0 aliphatic rings. The van der Waals surface area contributed by atoms with E-state index in [0.29, 0.717) is 36.3 Å². The highest BCUT2D eigenvalue weighted by atomic mass is 35.5. The number of hydrogen-bond donors (Lipinski definition) is 1. The van der Waals surface area contributed by atoms with Gasteiger partial charge in [0.2, 0.25) is 5.88 Å². The van der Waals surface area contributed by atoms with Crippen LogP contribution in [0.25, 0.3) is 5.69 Å². The lowest BCUT2D eigenvalue weighted by atomic mass is 10.2. The standard InChI is InChI=1S/C28H32ClN3O4/c1-20(2)35-19-24(33)16-31(17-26-10-7-15-34-26)18-27-21(3)30-32(23-8-5-4-6-9-23)28(27)36-25-13-11-22(29)12-14-25/h4-15,20,24,33H,16-19H2,1-3H3. The fraction of sp³-hybridized carbons (Fsp3) is 0.321. The summed E-state index contributed by atoms with van der Waals surface area (Å²) in [7, 11) is 0. The quantitative estimate of drug-likeness (QED) is 0.252. The Labute approximate surface area is 216 Å². The molecule has 0 amide bonds. The van der Waals surface area contributed by atoms with Crippen molar-refractivity contribution in [2.45, 2.75) is 46.1 Å². The fourth-order valence-corrected chi connectivity index (χ4v) is 4.00. The van der Waals surface area contributed by atoms with Crippen LogP contribution in [-0.2, 0) is 17.8 Å². The Kier molecular flexibility index (Phi) is 8.83. The molecule has 0 saturated carbocycles. The smallest absolute Gasteiger partial charge is 0.227 e. The summed E-state index contributed by atoms with van der Waals surface area (Å²) in [6, 6.07) is 20.9. The van der Waals surface area contributed by atoms with E-state index < -0.39 is 6.10 Å². The molecule has 2 aromatic carbocycles. The molecule has 1 atom stereocenters. The van der Waals surface area contributed by atoms with Crippen molar-refractivity contribution in [2.75, 3.05) is 13.2 Å². The van der Waals surface area contributed by atoms with E-state index in [9.17, 15) is 5.11 Å². The summed E-state index contributed by atoms with van der Waals surface area (Å²) < 4.78 is 19.4. The maximum atomic E-state index is 10.7. The van der Waals surface area contributed by atoms with Gasteiger partial charge in [0.1, 0.15) is 11.5 Å².